The second kappa shape index (κ2) is 13.1. The summed E-state index contributed by atoms with van der Waals surface area (Å²) in [5.74, 6) is 0.0613. The van der Waals surface area contributed by atoms with Crippen LogP contribution in [-0.2, 0) is 16.1 Å². The Hall–Kier alpha value is -1.76. The summed E-state index contributed by atoms with van der Waals surface area (Å²) in [6, 6.07) is 10.0. The Labute approximate surface area is 208 Å². The first kappa shape index (κ1) is 26.5. The van der Waals surface area contributed by atoms with Crippen LogP contribution in [0.1, 0.15) is 44.2 Å². The maximum atomic E-state index is 13.3. The van der Waals surface area contributed by atoms with Crippen LogP contribution in [0.15, 0.2) is 40.9 Å². The van der Waals surface area contributed by atoms with E-state index in [2.05, 4.69) is 28.2 Å². The van der Waals surface area contributed by atoms with Gasteiger partial charge in [-0.25, -0.2) is 0 Å². The molecule has 32 heavy (non-hydrogen) atoms. The number of unbranched alkanes of at least 4 members (excludes halogenated alkanes) is 1. The van der Waals surface area contributed by atoms with Gasteiger partial charge in [0.15, 0.2) is 6.61 Å². The predicted molar refractivity (Wildman–Crippen MR) is 133 cm³/mol. The van der Waals surface area contributed by atoms with E-state index in [-0.39, 0.29) is 25.0 Å². The number of nitrogens with zero attached hydrogens (tertiary/aromatic N) is 1. The molecule has 2 aromatic rings. The molecule has 8 heteroatoms. The fourth-order valence-electron chi connectivity index (χ4n) is 3.21. The third-order valence-corrected chi connectivity index (χ3v) is 6.70. The van der Waals surface area contributed by atoms with Crippen LogP contribution in [0.3, 0.4) is 0 Å². The molecule has 2 rings (SSSR count). The molecule has 0 heterocycles. The van der Waals surface area contributed by atoms with Crippen molar-refractivity contribution in [2.75, 3.05) is 13.2 Å². The number of rotatable bonds is 11. The highest BCUT2D eigenvalue weighted by Gasteiger charge is 2.30. The number of benzene rings is 2. The molecule has 0 saturated heterocycles. The van der Waals surface area contributed by atoms with E-state index in [1.807, 2.05) is 26.0 Å². The number of carbonyl (C=O) groups is 2. The molecule has 0 aromatic heterocycles. The monoisotopic (exact) mass is 542 g/mol. The lowest BCUT2D eigenvalue weighted by Gasteiger charge is -2.31. The summed E-state index contributed by atoms with van der Waals surface area (Å²) in [5.41, 5.74) is 1.60. The fraction of sp³-hybridized carbons (Fsp3) is 0.417. The van der Waals surface area contributed by atoms with Gasteiger partial charge in [0.05, 0.1) is 0 Å². The van der Waals surface area contributed by atoms with Crippen molar-refractivity contribution in [1.29, 1.82) is 0 Å². The van der Waals surface area contributed by atoms with Crippen molar-refractivity contribution in [3.05, 3.63) is 62.0 Å². The van der Waals surface area contributed by atoms with Crippen molar-refractivity contribution in [1.82, 2.24) is 10.2 Å². The van der Waals surface area contributed by atoms with Gasteiger partial charge < -0.3 is 15.0 Å². The summed E-state index contributed by atoms with van der Waals surface area (Å²) in [7, 11) is 0. The molecule has 0 aliphatic carbocycles. The maximum absolute atomic E-state index is 13.3. The van der Waals surface area contributed by atoms with Crippen molar-refractivity contribution in [2.45, 2.75) is 52.6 Å². The largest absolute Gasteiger partial charge is 0.484 e. The first-order valence-corrected chi connectivity index (χ1v) is 12.2. The van der Waals surface area contributed by atoms with Crippen LogP contribution in [0, 0.1) is 6.92 Å². The van der Waals surface area contributed by atoms with E-state index >= 15 is 0 Å². The zero-order valence-electron chi connectivity index (χ0n) is 18.6. The minimum absolute atomic E-state index is 0.111. The summed E-state index contributed by atoms with van der Waals surface area (Å²) in [5, 5.41) is 3.82. The molecule has 2 amide bonds. The molecule has 0 saturated carbocycles. The molecular formula is C24H29BrCl2N2O3. The number of amides is 2. The first-order valence-electron chi connectivity index (χ1n) is 10.7. The Bertz CT molecular complexity index is 919. The summed E-state index contributed by atoms with van der Waals surface area (Å²) in [4.78, 5) is 27.7. The van der Waals surface area contributed by atoms with Gasteiger partial charge in [-0.2, -0.15) is 0 Å². The van der Waals surface area contributed by atoms with Gasteiger partial charge >= 0.3 is 0 Å². The van der Waals surface area contributed by atoms with Crippen LogP contribution in [-0.4, -0.2) is 35.9 Å². The standard InChI is InChI=1S/C24H29BrCl2N2O3/c1-4-6-12-28-24(31)22(5-2)29(14-18-20(26)8-7-9-21(18)27)23(30)15-32-17-10-11-19(25)16(3)13-17/h7-11,13,22H,4-6,12,14-15H2,1-3H3,(H,28,31). The zero-order chi connectivity index (χ0) is 23.7. The molecule has 0 bridgehead atoms. The summed E-state index contributed by atoms with van der Waals surface area (Å²) in [6.45, 7) is 6.34. The Kier molecular flexibility index (Phi) is 10.8. The van der Waals surface area contributed by atoms with Gasteiger partial charge in [-0.3, -0.25) is 9.59 Å². The molecule has 0 aliphatic heterocycles. The summed E-state index contributed by atoms with van der Waals surface area (Å²) in [6.07, 6.45) is 2.29. The van der Waals surface area contributed by atoms with Crippen LogP contribution in [0.5, 0.6) is 5.75 Å². The zero-order valence-corrected chi connectivity index (χ0v) is 21.7. The molecular weight excluding hydrogens is 515 g/mol. The first-order chi connectivity index (χ1) is 15.3. The van der Waals surface area contributed by atoms with E-state index in [9.17, 15) is 9.59 Å². The minimum Gasteiger partial charge on any atom is -0.484 e. The SMILES string of the molecule is CCCCNC(=O)C(CC)N(Cc1c(Cl)cccc1Cl)C(=O)COc1ccc(Br)c(C)c1. The van der Waals surface area contributed by atoms with Crippen molar-refractivity contribution in [3.8, 4) is 5.75 Å². The number of ether oxygens (including phenoxy) is 1. The Balaban J connectivity index is 2.25. The Morgan fingerprint density at radius 1 is 1.16 bits per heavy atom. The lowest BCUT2D eigenvalue weighted by molar-refractivity contribution is -0.143. The average Bonchev–Trinajstić information content (AvgIpc) is 2.76. The van der Waals surface area contributed by atoms with E-state index in [1.165, 1.54) is 4.90 Å². The summed E-state index contributed by atoms with van der Waals surface area (Å²) >= 11 is 16.2. The van der Waals surface area contributed by atoms with Gasteiger partial charge in [0.1, 0.15) is 11.8 Å². The third kappa shape index (κ3) is 7.39. The van der Waals surface area contributed by atoms with Crippen LogP contribution >= 0.6 is 39.1 Å². The van der Waals surface area contributed by atoms with Crippen LogP contribution in [0.25, 0.3) is 0 Å². The van der Waals surface area contributed by atoms with Crippen molar-refractivity contribution >= 4 is 50.9 Å². The Morgan fingerprint density at radius 2 is 1.84 bits per heavy atom. The van der Waals surface area contributed by atoms with Gasteiger partial charge in [-0.1, -0.05) is 65.5 Å². The quantitative estimate of drug-likeness (QED) is 0.345. The second-order valence-electron chi connectivity index (χ2n) is 7.49. The molecule has 0 aliphatic rings. The molecule has 1 atom stereocenters. The predicted octanol–water partition coefficient (Wildman–Crippen LogP) is 6.17. The number of carbonyl (C=O) groups excluding carboxylic acids is 2. The minimum atomic E-state index is -0.665. The van der Waals surface area contributed by atoms with Crippen molar-refractivity contribution < 1.29 is 14.3 Å². The molecule has 174 valence electrons. The number of hydrogen-bond donors (Lipinski definition) is 1. The number of halogens is 3. The van der Waals surface area contributed by atoms with Crippen molar-refractivity contribution in [3.63, 3.8) is 0 Å². The summed E-state index contributed by atoms with van der Waals surface area (Å²) < 4.78 is 6.71. The topological polar surface area (TPSA) is 58.6 Å². The van der Waals surface area contributed by atoms with Gasteiger partial charge in [0.25, 0.3) is 5.91 Å². The normalized spacial score (nSPS) is 11.7. The van der Waals surface area contributed by atoms with Crippen LogP contribution < -0.4 is 10.1 Å². The smallest absolute Gasteiger partial charge is 0.261 e. The molecule has 1 unspecified atom stereocenters. The van der Waals surface area contributed by atoms with Crippen LogP contribution in [0.4, 0.5) is 0 Å². The van der Waals surface area contributed by atoms with E-state index in [1.54, 1.807) is 24.3 Å². The van der Waals surface area contributed by atoms with Crippen LogP contribution in [0.2, 0.25) is 10.0 Å². The van der Waals surface area contributed by atoms with Gasteiger partial charge in [0, 0.05) is 33.2 Å². The van der Waals surface area contributed by atoms with Gasteiger partial charge in [-0.05, 0) is 55.7 Å². The molecule has 0 fully saturated rings. The average molecular weight is 544 g/mol. The lowest BCUT2D eigenvalue weighted by atomic mass is 10.1. The molecule has 5 nitrogen and oxygen atoms in total. The number of aryl methyl sites for hydroxylation is 1. The number of hydrogen-bond acceptors (Lipinski definition) is 3. The van der Waals surface area contributed by atoms with E-state index in [4.69, 9.17) is 27.9 Å². The maximum Gasteiger partial charge on any atom is 0.261 e. The van der Waals surface area contributed by atoms with E-state index in [0.29, 0.717) is 34.3 Å². The van der Waals surface area contributed by atoms with Gasteiger partial charge in [-0.15, -0.1) is 0 Å². The highest BCUT2D eigenvalue weighted by molar-refractivity contribution is 9.10. The van der Waals surface area contributed by atoms with Crippen molar-refractivity contribution in [2.24, 2.45) is 0 Å². The lowest BCUT2D eigenvalue weighted by Crippen LogP contribution is -2.50. The highest BCUT2D eigenvalue weighted by atomic mass is 79.9. The van der Waals surface area contributed by atoms with Gasteiger partial charge in [0.2, 0.25) is 5.91 Å². The molecule has 1 N–H and O–H groups in total. The molecule has 0 spiro atoms. The fourth-order valence-corrected chi connectivity index (χ4v) is 3.98. The van der Waals surface area contributed by atoms with E-state index < -0.39 is 6.04 Å². The molecule has 0 radical (unpaired) electrons. The van der Waals surface area contributed by atoms with E-state index in [0.717, 1.165) is 22.9 Å². The highest BCUT2D eigenvalue weighted by Crippen LogP contribution is 2.27. The molecule has 2 aromatic carbocycles. The second-order valence-corrected chi connectivity index (χ2v) is 9.16. The number of nitrogens with one attached hydrogen (secondary N) is 1. The Morgan fingerprint density at radius 3 is 2.44 bits per heavy atom. The third-order valence-electron chi connectivity index (χ3n) is 5.10.